The van der Waals surface area contributed by atoms with Crippen LogP contribution < -0.4 is 20.7 Å². The van der Waals surface area contributed by atoms with Gasteiger partial charge in [-0.1, -0.05) is 99.6 Å². The van der Waals surface area contributed by atoms with Crippen molar-refractivity contribution < 1.29 is 19.1 Å². The smallest absolute Gasteiger partial charge is 0.318 e. The molecule has 3 aromatic carbocycles. The number of hydrogen-bond acceptors (Lipinski definition) is 4. The lowest BCUT2D eigenvalue weighted by atomic mass is 9.87. The van der Waals surface area contributed by atoms with Gasteiger partial charge in [-0.2, -0.15) is 0 Å². The summed E-state index contributed by atoms with van der Waals surface area (Å²) in [6.45, 7) is 11.1. The van der Waals surface area contributed by atoms with E-state index in [1.54, 1.807) is 4.90 Å². The van der Waals surface area contributed by atoms with Crippen LogP contribution in [-0.2, 0) is 22.4 Å². The van der Waals surface area contributed by atoms with Gasteiger partial charge in [0.2, 0.25) is 5.91 Å². The van der Waals surface area contributed by atoms with Crippen molar-refractivity contribution in [1.82, 2.24) is 20.9 Å². The predicted octanol–water partition coefficient (Wildman–Crippen LogP) is 5.60. The van der Waals surface area contributed by atoms with Crippen molar-refractivity contribution in [3.8, 4) is 5.75 Å². The summed E-state index contributed by atoms with van der Waals surface area (Å²) in [6, 6.07) is 25.0. The van der Waals surface area contributed by atoms with Crippen LogP contribution in [0.1, 0.15) is 55.9 Å². The second-order valence-electron chi connectivity index (χ2n) is 12.9. The molecule has 1 heterocycles. The van der Waals surface area contributed by atoms with Gasteiger partial charge in [0.1, 0.15) is 11.8 Å². The topological polar surface area (TPSA) is 99.8 Å². The first-order chi connectivity index (χ1) is 22.1. The lowest BCUT2D eigenvalue weighted by Gasteiger charge is -2.37. The van der Waals surface area contributed by atoms with Crippen molar-refractivity contribution in [3.63, 3.8) is 0 Å². The Hall–Kier alpha value is -4.33. The Labute approximate surface area is 274 Å². The number of nitrogens with one attached hydrogen (secondary N) is 3. The number of amides is 4. The van der Waals surface area contributed by atoms with E-state index >= 15 is 0 Å². The van der Waals surface area contributed by atoms with Crippen molar-refractivity contribution in [1.29, 1.82) is 0 Å². The minimum atomic E-state index is -0.573. The fourth-order valence-electron chi connectivity index (χ4n) is 6.38. The molecule has 1 aliphatic heterocycles. The maximum atomic E-state index is 13.9. The van der Waals surface area contributed by atoms with Gasteiger partial charge in [-0.25, -0.2) is 4.79 Å². The van der Waals surface area contributed by atoms with Crippen LogP contribution >= 0.6 is 0 Å². The number of nitrogens with zero attached hydrogens (tertiary/aromatic N) is 1. The van der Waals surface area contributed by atoms with E-state index in [-0.39, 0.29) is 48.4 Å². The first-order valence-corrected chi connectivity index (χ1v) is 16.5. The zero-order chi connectivity index (χ0) is 33.1. The van der Waals surface area contributed by atoms with Crippen molar-refractivity contribution in [2.45, 2.75) is 78.4 Å². The van der Waals surface area contributed by atoms with Gasteiger partial charge in [-0.05, 0) is 73.6 Å². The highest BCUT2D eigenvalue weighted by Gasteiger charge is 2.35. The first kappa shape index (κ1) is 34.5. The summed E-state index contributed by atoms with van der Waals surface area (Å²) in [4.78, 5) is 41.6. The summed E-state index contributed by atoms with van der Waals surface area (Å²) in [5.41, 5.74) is 4.21. The van der Waals surface area contributed by atoms with Gasteiger partial charge in [0.15, 0.2) is 6.61 Å². The molecule has 8 nitrogen and oxygen atoms in total. The highest BCUT2D eigenvalue weighted by atomic mass is 16.5. The number of benzene rings is 3. The Morgan fingerprint density at radius 1 is 0.848 bits per heavy atom. The number of urea groups is 1. The molecule has 8 heteroatoms. The molecule has 1 fully saturated rings. The second kappa shape index (κ2) is 16.8. The third-order valence-electron chi connectivity index (χ3n) is 8.76. The van der Waals surface area contributed by atoms with Gasteiger partial charge in [-0.15, -0.1) is 0 Å². The fourth-order valence-corrected chi connectivity index (χ4v) is 6.38. The largest absolute Gasteiger partial charge is 0.483 e. The number of ether oxygens (including phenoxy) is 1. The summed E-state index contributed by atoms with van der Waals surface area (Å²) < 4.78 is 5.98. The van der Waals surface area contributed by atoms with E-state index in [0.717, 1.165) is 34.4 Å². The van der Waals surface area contributed by atoms with E-state index < -0.39 is 6.04 Å². The van der Waals surface area contributed by atoms with Gasteiger partial charge in [0.25, 0.3) is 5.91 Å². The summed E-state index contributed by atoms with van der Waals surface area (Å²) in [6.07, 6.45) is 2.72. The van der Waals surface area contributed by atoms with Crippen LogP contribution in [0, 0.1) is 25.7 Å². The molecule has 0 radical (unpaired) electrons. The number of carbonyl (C=O) groups excluding carboxylic acids is 3. The predicted molar refractivity (Wildman–Crippen MR) is 183 cm³/mol. The van der Waals surface area contributed by atoms with E-state index in [1.165, 1.54) is 0 Å². The van der Waals surface area contributed by atoms with Crippen LogP contribution in [0.2, 0.25) is 0 Å². The number of carbonyl (C=O) groups is 3. The maximum Gasteiger partial charge on any atom is 0.318 e. The molecular weight excluding hydrogens is 576 g/mol. The van der Waals surface area contributed by atoms with Gasteiger partial charge < -0.3 is 25.6 Å². The third-order valence-corrected chi connectivity index (χ3v) is 8.76. The molecule has 1 aliphatic rings. The zero-order valence-corrected chi connectivity index (χ0v) is 27.9. The van der Waals surface area contributed by atoms with Crippen molar-refractivity contribution in [2.24, 2.45) is 11.8 Å². The van der Waals surface area contributed by atoms with Gasteiger partial charge >= 0.3 is 6.03 Å². The standard InChI is InChI=1S/C38H50N4O4/c1-26(2)35(42-21-13-20-39-38(42)45)37(44)40-32(23-30-16-8-6-9-17-30)22-29(5)33(24-31-18-10-7-11-19-31)41-34(43)25-46-36-27(3)14-12-15-28(36)4/h6-12,14-19,26,29,32-33,35H,13,20-25H2,1-5H3,(H,39,45)(H,40,44)(H,41,43)/t29-,32+,33-,35-/m0/s1. The molecule has 4 amide bonds. The number of hydrogen-bond donors (Lipinski definition) is 3. The molecule has 46 heavy (non-hydrogen) atoms. The minimum Gasteiger partial charge on any atom is -0.483 e. The lowest BCUT2D eigenvalue weighted by molar-refractivity contribution is -0.128. The molecule has 4 atom stereocenters. The number of aryl methyl sites for hydroxylation is 2. The van der Waals surface area contributed by atoms with Crippen molar-refractivity contribution in [2.75, 3.05) is 19.7 Å². The minimum absolute atomic E-state index is 0.00847. The van der Waals surface area contributed by atoms with Crippen LogP contribution in [0.25, 0.3) is 0 Å². The lowest BCUT2D eigenvalue weighted by Crippen LogP contribution is -2.59. The SMILES string of the molecule is Cc1cccc(C)c1OCC(=O)N[C@@H](Cc1ccccc1)[C@@H](C)C[C@H](Cc1ccccc1)NC(=O)[C@H](C(C)C)N1CCCNC1=O. The fraction of sp³-hybridized carbons (Fsp3) is 0.447. The summed E-state index contributed by atoms with van der Waals surface area (Å²) in [7, 11) is 0. The first-order valence-electron chi connectivity index (χ1n) is 16.5. The quantitative estimate of drug-likeness (QED) is 0.204. The summed E-state index contributed by atoms with van der Waals surface area (Å²) in [5, 5.41) is 9.47. The molecule has 3 N–H and O–H groups in total. The van der Waals surface area contributed by atoms with E-state index in [1.807, 2.05) is 82.3 Å². The zero-order valence-electron chi connectivity index (χ0n) is 27.9. The maximum absolute atomic E-state index is 13.9. The molecule has 0 bridgehead atoms. The van der Waals surface area contributed by atoms with E-state index in [4.69, 9.17) is 4.74 Å². The molecule has 0 saturated carbocycles. The monoisotopic (exact) mass is 626 g/mol. The van der Waals surface area contributed by atoms with E-state index in [2.05, 4.69) is 47.1 Å². The Morgan fingerprint density at radius 3 is 2.04 bits per heavy atom. The van der Waals surface area contributed by atoms with Gasteiger partial charge in [0.05, 0.1) is 0 Å². The Kier molecular flexibility index (Phi) is 12.6. The molecule has 246 valence electrons. The molecule has 1 saturated heterocycles. The molecule has 0 spiro atoms. The Balaban J connectivity index is 1.52. The van der Waals surface area contributed by atoms with Gasteiger partial charge in [0, 0.05) is 25.2 Å². The van der Waals surface area contributed by atoms with Gasteiger partial charge in [-0.3, -0.25) is 9.59 Å². The van der Waals surface area contributed by atoms with Crippen LogP contribution in [0.3, 0.4) is 0 Å². The average Bonchev–Trinajstić information content (AvgIpc) is 3.02. The van der Waals surface area contributed by atoms with Crippen LogP contribution in [-0.4, -0.2) is 60.6 Å². The summed E-state index contributed by atoms with van der Waals surface area (Å²) in [5.74, 6) is 0.355. The second-order valence-corrected chi connectivity index (χ2v) is 12.9. The third kappa shape index (κ3) is 9.83. The normalized spacial score (nSPS) is 15.8. The molecule has 0 unspecified atom stereocenters. The molecule has 3 aromatic rings. The number of rotatable bonds is 15. The van der Waals surface area contributed by atoms with Crippen LogP contribution in [0.4, 0.5) is 4.79 Å². The van der Waals surface area contributed by atoms with Crippen LogP contribution in [0.15, 0.2) is 78.9 Å². The van der Waals surface area contributed by atoms with Crippen molar-refractivity contribution >= 4 is 17.8 Å². The van der Waals surface area contributed by atoms with E-state index in [0.29, 0.717) is 32.4 Å². The molecular formula is C38H50N4O4. The Morgan fingerprint density at radius 2 is 1.46 bits per heavy atom. The average molecular weight is 627 g/mol. The highest BCUT2D eigenvalue weighted by Crippen LogP contribution is 2.23. The van der Waals surface area contributed by atoms with Crippen molar-refractivity contribution in [3.05, 3.63) is 101 Å². The van der Waals surface area contributed by atoms with Crippen LogP contribution in [0.5, 0.6) is 5.75 Å². The molecule has 0 aliphatic carbocycles. The Bertz CT molecular complexity index is 1410. The molecule has 0 aromatic heterocycles. The number of para-hydroxylation sites is 1. The summed E-state index contributed by atoms with van der Waals surface area (Å²) >= 11 is 0. The molecule has 4 rings (SSSR count). The highest BCUT2D eigenvalue weighted by molar-refractivity contribution is 5.87. The van der Waals surface area contributed by atoms with E-state index in [9.17, 15) is 14.4 Å².